The molecule has 1 N–H and O–H groups in total. The van der Waals surface area contributed by atoms with Gasteiger partial charge in [-0.05, 0) is 114 Å². The smallest absolute Gasteiger partial charge is 0.0594 e. The van der Waals surface area contributed by atoms with Gasteiger partial charge in [-0.1, -0.05) is 74.0 Å². The van der Waals surface area contributed by atoms with Gasteiger partial charge in [-0.2, -0.15) is 0 Å². The van der Waals surface area contributed by atoms with Gasteiger partial charge in [0.05, 0.1) is 6.10 Å². The molecule has 5 aliphatic rings. The fourth-order valence-electron chi connectivity index (χ4n) is 11.2. The number of hydrogen-bond acceptors (Lipinski definition) is 1. The SMILES string of the molecule is CC1(C)CCC2(C)CCC3(C)C(=CCC4C5(C)CCC(O)C(C)(C)C5CCC43C)C2(C)C1. The molecule has 0 aromatic rings. The van der Waals surface area contributed by atoms with E-state index in [0.717, 1.165) is 12.3 Å². The summed E-state index contributed by atoms with van der Waals surface area (Å²) in [6.07, 6.45) is 15.7. The van der Waals surface area contributed by atoms with E-state index in [4.69, 9.17) is 0 Å². The van der Waals surface area contributed by atoms with Gasteiger partial charge in [0.1, 0.15) is 0 Å². The van der Waals surface area contributed by atoms with Gasteiger partial charge < -0.3 is 5.11 Å². The van der Waals surface area contributed by atoms with E-state index in [2.05, 4.69) is 68.4 Å². The van der Waals surface area contributed by atoms with Crippen molar-refractivity contribution < 1.29 is 5.11 Å². The van der Waals surface area contributed by atoms with Crippen LogP contribution in [0.5, 0.6) is 0 Å². The highest BCUT2D eigenvalue weighted by molar-refractivity contribution is 5.37. The first-order chi connectivity index (χ1) is 14.6. The molecule has 8 unspecified atom stereocenters. The number of aliphatic hydroxyl groups excluding tert-OH is 1. The minimum Gasteiger partial charge on any atom is -0.393 e. The summed E-state index contributed by atoms with van der Waals surface area (Å²) in [5.41, 5.74) is 4.24. The van der Waals surface area contributed by atoms with Gasteiger partial charge in [0.25, 0.3) is 0 Å². The Morgan fingerprint density at radius 2 is 1.38 bits per heavy atom. The third-order valence-corrected chi connectivity index (χ3v) is 13.7. The van der Waals surface area contributed by atoms with Crippen molar-refractivity contribution in [2.45, 2.75) is 133 Å². The Hall–Kier alpha value is -0.300. The summed E-state index contributed by atoms with van der Waals surface area (Å²) in [5.74, 6) is 1.40. The molecule has 0 aliphatic heterocycles. The van der Waals surface area contributed by atoms with Gasteiger partial charge in [0.2, 0.25) is 0 Å². The molecule has 0 saturated heterocycles. The number of allylic oxidation sites excluding steroid dienone is 2. The van der Waals surface area contributed by atoms with E-state index in [0.29, 0.717) is 38.4 Å². The zero-order valence-electron chi connectivity index (χ0n) is 22.8. The molecule has 4 saturated carbocycles. The van der Waals surface area contributed by atoms with Gasteiger partial charge in [-0.25, -0.2) is 0 Å². The minimum atomic E-state index is -0.131. The fraction of sp³-hybridized carbons (Fsp3) is 0.935. The number of fused-ring (bicyclic) bond motifs is 7. The molecule has 0 spiro atoms. The van der Waals surface area contributed by atoms with E-state index in [1.165, 1.54) is 57.8 Å². The molecule has 5 rings (SSSR count). The topological polar surface area (TPSA) is 20.2 Å². The van der Waals surface area contributed by atoms with Crippen molar-refractivity contribution in [1.82, 2.24) is 0 Å². The normalized spacial score (nSPS) is 56.2. The third-order valence-electron chi connectivity index (χ3n) is 13.7. The van der Waals surface area contributed by atoms with Crippen molar-refractivity contribution in [2.24, 2.45) is 49.7 Å². The maximum atomic E-state index is 10.9. The number of aliphatic hydroxyl groups is 1. The van der Waals surface area contributed by atoms with Crippen LogP contribution in [0, 0.1) is 49.7 Å². The summed E-state index contributed by atoms with van der Waals surface area (Å²) >= 11 is 0. The zero-order valence-corrected chi connectivity index (χ0v) is 22.8. The first kappa shape index (κ1) is 23.4. The second-order valence-electron chi connectivity index (χ2n) is 15.9. The lowest BCUT2D eigenvalue weighted by Crippen LogP contribution is -2.65. The standard InChI is InChI=1S/C31H52O/c1-25(2)16-17-27(5)18-19-30(8)23(31(27,9)20-25)11-10-22-28(6)14-13-24(32)26(3,4)21(28)12-15-29(22,30)7/h11,21-22,24,32H,10,12-20H2,1-9H3. The highest BCUT2D eigenvalue weighted by Crippen LogP contribution is 2.78. The van der Waals surface area contributed by atoms with Crippen molar-refractivity contribution in [3.05, 3.63) is 11.6 Å². The molecule has 182 valence electrons. The molecule has 0 bridgehead atoms. The summed E-state index contributed by atoms with van der Waals surface area (Å²) < 4.78 is 0. The van der Waals surface area contributed by atoms with Crippen LogP contribution < -0.4 is 0 Å². The molecular formula is C31H52O. The van der Waals surface area contributed by atoms with E-state index >= 15 is 0 Å². The van der Waals surface area contributed by atoms with Crippen LogP contribution in [0.2, 0.25) is 0 Å². The number of rotatable bonds is 0. The van der Waals surface area contributed by atoms with Crippen LogP contribution in [0.4, 0.5) is 0 Å². The van der Waals surface area contributed by atoms with E-state index < -0.39 is 0 Å². The summed E-state index contributed by atoms with van der Waals surface area (Å²) in [7, 11) is 0. The molecule has 4 fully saturated rings. The van der Waals surface area contributed by atoms with Gasteiger partial charge in [0.15, 0.2) is 0 Å². The summed E-state index contributed by atoms with van der Waals surface area (Å²) in [6.45, 7) is 23.1. The van der Waals surface area contributed by atoms with Crippen molar-refractivity contribution in [1.29, 1.82) is 0 Å². The predicted octanol–water partition coefficient (Wildman–Crippen LogP) is 8.56. The summed E-state index contributed by atoms with van der Waals surface area (Å²) in [4.78, 5) is 0. The molecule has 5 aliphatic carbocycles. The molecule has 0 heterocycles. The first-order valence-electron chi connectivity index (χ1n) is 14.0. The van der Waals surface area contributed by atoms with E-state index in [-0.39, 0.29) is 11.5 Å². The zero-order chi connectivity index (χ0) is 23.6. The van der Waals surface area contributed by atoms with Crippen LogP contribution in [0.25, 0.3) is 0 Å². The Balaban J connectivity index is 1.61. The van der Waals surface area contributed by atoms with E-state index in [1.807, 2.05) is 5.57 Å². The van der Waals surface area contributed by atoms with Crippen LogP contribution >= 0.6 is 0 Å². The molecule has 0 aromatic carbocycles. The minimum absolute atomic E-state index is 0.0454. The van der Waals surface area contributed by atoms with Crippen molar-refractivity contribution in [3.63, 3.8) is 0 Å². The summed E-state index contributed by atoms with van der Waals surface area (Å²) in [5, 5.41) is 10.9. The third kappa shape index (κ3) is 2.62. The quantitative estimate of drug-likeness (QED) is 0.374. The second-order valence-corrected chi connectivity index (χ2v) is 15.9. The molecule has 0 radical (unpaired) electrons. The van der Waals surface area contributed by atoms with E-state index in [1.54, 1.807) is 0 Å². The Morgan fingerprint density at radius 1 is 0.719 bits per heavy atom. The van der Waals surface area contributed by atoms with Crippen molar-refractivity contribution >= 4 is 0 Å². The predicted molar refractivity (Wildman–Crippen MR) is 135 cm³/mol. The monoisotopic (exact) mass is 440 g/mol. The Labute approximate surface area is 199 Å². The lowest BCUT2D eigenvalue weighted by atomic mass is 9.31. The van der Waals surface area contributed by atoms with Crippen molar-refractivity contribution in [2.75, 3.05) is 0 Å². The van der Waals surface area contributed by atoms with Gasteiger partial charge >= 0.3 is 0 Å². The summed E-state index contributed by atoms with van der Waals surface area (Å²) in [6, 6.07) is 0. The fourth-order valence-corrected chi connectivity index (χ4v) is 11.2. The average molecular weight is 441 g/mol. The van der Waals surface area contributed by atoms with Crippen LogP contribution in [0.3, 0.4) is 0 Å². The highest BCUT2D eigenvalue weighted by Gasteiger charge is 2.69. The van der Waals surface area contributed by atoms with Gasteiger partial charge in [-0.3, -0.25) is 0 Å². The highest BCUT2D eigenvalue weighted by atomic mass is 16.3. The van der Waals surface area contributed by atoms with Crippen LogP contribution in [-0.4, -0.2) is 11.2 Å². The first-order valence-corrected chi connectivity index (χ1v) is 14.0. The largest absolute Gasteiger partial charge is 0.393 e. The lowest BCUT2D eigenvalue weighted by molar-refractivity contribution is -0.208. The maximum Gasteiger partial charge on any atom is 0.0594 e. The van der Waals surface area contributed by atoms with E-state index in [9.17, 15) is 5.11 Å². The Morgan fingerprint density at radius 3 is 2.06 bits per heavy atom. The van der Waals surface area contributed by atoms with Crippen LogP contribution in [0.1, 0.15) is 127 Å². The molecule has 0 aromatic heterocycles. The molecular weight excluding hydrogens is 388 g/mol. The second kappa shape index (κ2) is 6.47. The van der Waals surface area contributed by atoms with Gasteiger partial charge in [-0.15, -0.1) is 0 Å². The van der Waals surface area contributed by atoms with Crippen LogP contribution in [0.15, 0.2) is 11.6 Å². The number of hydrogen-bond donors (Lipinski definition) is 1. The Kier molecular flexibility index (Phi) is 4.74. The molecule has 1 nitrogen and oxygen atoms in total. The average Bonchev–Trinajstić information content (AvgIpc) is 2.67. The maximum absolute atomic E-state index is 10.9. The van der Waals surface area contributed by atoms with Crippen molar-refractivity contribution in [3.8, 4) is 0 Å². The lowest BCUT2D eigenvalue weighted by Gasteiger charge is -2.73. The Bertz CT molecular complexity index is 835. The van der Waals surface area contributed by atoms with Gasteiger partial charge in [0, 0.05) is 0 Å². The molecule has 32 heavy (non-hydrogen) atoms. The van der Waals surface area contributed by atoms with Crippen LogP contribution in [-0.2, 0) is 0 Å². The molecule has 0 amide bonds. The molecule has 1 heteroatoms. The molecule has 8 atom stereocenters.